The van der Waals surface area contributed by atoms with E-state index in [0.29, 0.717) is 17.1 Å². The molecule has 0 aliphatic heterocycles. The number of pyridine rings is 1. The highest BCUT2D eigenvalue weighted by atomic mass is 16.6. The lowest BCUT2D eigenvalue weighted by atomic mass is 10.2. The van der Waals surface area contributed by atoms with E-state index in [9.17, 15) is 10.1 Å². The van der Waals surface area contributed by atoms with Gasteiger partial charge in [0.15, 0.2) is 5.75 Å². The van der Waals surface area contributed by atoms with Gasteiger partial charge in [-0.15, -0.1) is 0 Å². The quantitative estimate of drug-likeness (QED) is 0.646. The average molecular weight is 290 g/mol. The van der Waals surface area contributed by atoms with E-state index >= 15 is 0 Å². The second kappa shape index (κ2) is 6.67. The summed E-state index contributed by atoms with van der Waals surface area (Å²) in [6, 6.07) is 9.51. The number of rotatable bonds is 6. The Labute approximate surface area is 120 Å². The van der Waals surface area contributed by atoms with Crippen molar-refractivity contribution < 1.29 is 19.5 Å². The molecule has 0 aliphatic carbocycles. The van der Waals surface area contributed by atoms with E-state index in [4.69, 9.17) is 14.6 Å². The molecule has 0 amide bonds. The normalized spacial score (nSPS) is 10.2. The summed E-state index contributed by atoms with van der Waals surface area (Å²) >= 11 is 0. The number of nitrogens with zero attached hydrogens (tertiary/aromatic N) is 2. The fourth-order valence-corrected chi connectivity index (χ4v) is 1.73. The van der Waals surface area contributed by atoms with Crippen LogP contribution in [0.25, 0.3) is 0 Å². The maximum Gasteiger partial charge on any atom is 0.311 e. The summed E-state index contributed by atoms with van der Waals surface area (Å²) in [4.78, 5) is 14.6. The van der Waals surface area contributed by atoms with Gasteiger partial charge in [0.1, 0.15) is 6.61 Å². The molecular weight excluding hydrogens is 276 g/mol. The Morgan fingerprint density at radius 2 is 2.14 bits per heavy atom. The number of hydrogen-bond acceptors (Lipinski definition) is 6. The summed E-state index contributed by atoms with van der Waals surface area (Å²) < 4.78 is 10.4. The number of ether oxygens (including phenoxy) is 2. The Morgan fingerprint density at radius 1 is 1.33 bits per heavy atom. The molecule has 7 nitrogen and oxygen atoms in total. The van der Waals surface area contributed by atoms with Crippen LogP contribution in [0, 0.1) is 10.1 Å². The Morgan fingerprint density at radius 3 is 2.81 bits per heavy atom. The average Bonchev–Trinajstić information content (AvgIpc) is 2.52. The first-order valence-corrected chi connectivity index (χ1v) is 6.15. The third-order valence-corrected chi connectivity index (χ3v) is 2.77. The topological polar surface area (TPSA) is 94.7 Å². The van der Waals surface area contributed by atoms with Crippen LogP contribution in [-0.2, 0) is 13.2 Å². The van der Waals surface area contributed by atoms with Gasteiger partial charge in [0.2, 0.25) is 5.88 Å². The number of aromatic nitrogens is 1. The van der Waals surface area contributed by atoms with Crippen LogP contribution in [0.2, 0.25) is 0 Å². The smallest absolute Gasteiger partial charge is 0.311 e. The van der Waals surface area contributed by atoms with E-state index in [0.717, 1.165) is 0 Å². The van der Waals surface area contributed by atoms with Crippen LogP contribution < -0.4 is 9.47 Å². The van der Waals surface area contributed by atoms with E-state index < -0.39 is 4.92 Å². The molecule has 2 aromatic rings. The van der Waals surface area contributed by atoms with Gasteiger partial charge in [-0.1, -0.05) is 12.1 Å². The van der Waals surface area contributed by atoms with Gasteiger partial charge < -0.3 is 14.6 Å². The Balaban J connectivity index is 2.17. The van der Waals surface area contributed by atoms with Crippen molar-refractivity contribution in [1.82, 2.24) is 4.98 Å². The SMILES string of the molecule is COc1cccc(COc2ccc(CO)cc2[N+](=O)[O-])n1. The molecule has 0 saturated heterocycles. The maximum atomic E-state index is 11.0. The number of benzene rings is 1. The van der Waals surface area contributed by atoms with Crippen molar-refractivity contribution in [3.8, 4) is 11.6 Å². The number of hydrogen-bond donors (Lipinski definition) is 1. The molecular formula is C14H14N2O5. The van der Waals surface area contributed by atoms with Crippen LogP contribution in [-0.4, -0.2) is 22.1 Å². The van der Waals surface area contributed by atoms with Gasteiger partial charge in [0, 0.05) is 12.1 Å². The minimum atomic E-state index is -0.548. The minimum absolute atomic E-state index is 0.0799. The van der Waals surface area contributed by atoms with Gasteiger partial charge in [0.25, 0.3) is 0 Å². The second-order valence-corrected chi connectivity index (χ2v) is 4.18. The van der Waals surface area contributed by atoms with E-state index in [1.54, 1.807) is 24.3 Å². The van der Waals surface area contributed by atoms with Crippen molar-refractivity contribution in [3.63, 3.8) is 0 Å². The summed E-state index contributed by atoms with van der Waals surface area (Å²) in [6.07, 6.45) is 0. The lowest BCUT2D eigenvalue weighted by molar-refractivity contribution is -0.386. The molecule has 1 aromatic carbocycles. The fraction of sp³-hybridized carbons (Fsp3) is 0.214. The molecule has 1 heterocycles. The van der Waals surface area contributed by atoms with Gasteiger partial charge >= 0.3 is 5.69 Å². The van der Waals surface area contributed by atoms with Crippen LogP contribution in [0.3, 0.4) is 0 Å². The van der Waals surface area contributed by atoms with E-state index in [2.05, 4.69) is 4.98 Å². The van der Waals surface area contributed by atoms with Crippen LogP contribution in [0.15, 0.2) is 36.4 Å². The molecule has 1 aromatic heterocycles. The monoisotopic (exact) mass is 290 g/mol. The first-order valence-electron chi connectivity index (χ1n) is 6.15. The molecule has 7 heteroatoms. The van der Waals surface area contributed by atoms with Gasteiger partial charge in [-0.05, 0) is 17.7 Å². The zero-order valence-corrected chi connectivity index (χ0v) is 11.4. The van der Waals surface area contributed by atoms with Gasteiger partial charge in [-0.2, -0.15) is 0 Å². The Kier molecular flexibility index (Phi) is 4.68. The lowest BCUT2D eigenvalue weighted by Crippen LogP contribution is -2.02. The van der Waals surface area contributed by atoms with E-state index in [1.165, 1.54) is 19.2 Å². The van der Waals surface area contributed by atoms with Crippen molar-refractivity contribution in [3.05, 3.63) is 57.8 Å². The first kappa shape index (κ1) is 14.7. The highest BCUT2D eigenvalue weighted by molar-refractivity contribution is 5.48. The van der Waals surface area contributed by atoms with E-state index in [1.807, 2.05) is 0 Å². The molecule has 0 atom stereocenters. The zero-order chi connectivity index (χ0) is 15.2. The van der Waals surface area contributed by atoms with E-state index in [-0.39, 0.29) is 24.7 Å². The standard InChI is InChI=1S/C14H14N2O5/c1-20-14-4-2-3-11(15-14)9-21-13-6-5-10(8-17)7-12(13)16(18)19/h2-7,17H,8-9H2,1H3. The largest absolute Gasteiger partial charge is 0.481 e. The summed E-state index contributed by atoms with van der Waals surface area (Å²) in [5.41, 5.74) is 0.855. The molecule has 0 bridgehead atoms. The molecule has 0 radical (unpaired) electrons. The summed E-state index contributed by atoms with van der Waals surface area (Å²) in [5.74, 6) is 0.572. The number of aliphatic hydroxyl groups is 1. The van der Waals surface area contributed by atoms with Crippen molar-refractivity contribution in [2.75, 3.05) is 7.11 Å². The predicted molar refractivity (Wildman–Crippen MR) is 74.1 cm³/mol. The third-order valence-electron chi connectivity index (χ3n) is 2.77. The van der Waals surface area contributed by atoms with Gasteiger partial charge in [0.05, 0.1) is 24.3 Å². The van der Waals surface area contributed by atoms with Crippen molar-refractivity contribution in [2.24, 2.45) is 0 Å². The molecule has 0 aliphatic rings. The van der Waals surface area contributed by atoms with Crippen molar-refractivity contribution in [2.45, 2.75) is 13.2 Å². The molecule has 110 valence electrons. The van der Waals surface area contributed by atoms with Crippen LogP contribution >= 0.6 is 0 Å². The number of nitro groups is 1. The molecule has 21 heavy (non-hydrogen) atoms. The lowest BCUT2D eigenvalue weighted by Gasteiger charge is -2.08. The summed E-state index contributed by atoms with van der Waals surface area (Å²) in [6.45, 7) is -0.185. The second-order valence-electron chi connectivity index (χ2n) is 4.18. The Hall–Kier alpha value is -2.67. The number of aliphatic hydroxyl groups excluding tert-OH is 1. The summed E-state index contributed by atoms with van der Waals surface area (Å²) in [5, 5.41) is 20.0. The maximum absolute atomic E-state index is 11.0. The van der Waals surface area contributed by atoms with Crippen molar-refractivity contribution >= 4 is 5.69 Å². The minimum Gasteiger partial charge on any atom is -0.481 e. The van der Waals surface area contributed by atoms with Gasteiger partial charge in [-0.3, -0.25) is 10.1 Å². The molecule has 0 spiro atoms. The fourth-order valence-electron chi connectivity index (χ4n) is 1.73. The molecule has 1 N–H and O–H groups in total. The van der Waals surface area contributed by atoms with Crippen LogP contribution in [0.1, 0.15) is 11.3 Å². The first-order chi connectivity index (χ1) is 10.1. The van der Waals surface area contributed by atoms with Crippen LogP contribution in [0.4, 0.5) is 5.69 Å². The third kappa shape index (κ3) is 3.67. The summed E-state index contributed by atoms with van der Waals surface area (Å²) in [7, 11) is 1.51. The molecule has 0 unspecified atom stereocenters. The molecule has 0 fully saturated rings. The number of methoxy groups -OCH3 is 1. The predicted octanol–water partition coefficient (Wildman–Crippen LogP) is 2.07. The highest BCUT2D eigenvalue weighted by Gasteiger charge is 2.16. The van der Waals surface area contributed by atoms with Crippen molar-refractivity contribution in [1.29, 1.82) is 0 Å². The van der Waals surface area contributed by atoms with Crippen LogP contribution in [0.5, 0.6) is 11.6 Å². The number of nitro benzene ring substituents is 1. The molecule has 2 rings (SSSR count). The zero-order valence-electron chi connectivity index (χ0n) is 11.4. The molecule has 0 saturated carbocycles. The Bertz CT molecular complexity index is 645. The van der Waals surface area contributed by atoms with Gasteiger partial charge in [-0.25, -0.2) is 4.98 Å². The highest BCUT2D eigenvalue weighted by Crippen LogP contribution is 2.28.